The van der Waals surface area contributed by atoms with E-state index in [1.807, 2.05) is 18.5 Å². The first-order valence-electron chi connectivity index (χ1n) is 6.69. The Morgan fingerprint density at radius 3 is 2.79 bits per heavy atom. The fourth-order valence-corrected chi connectivity index (χ4v) is 2.79. The molecule has 0 aliphatic heterocycles. The number of aliphatic hydroxyl groups excluding tert-OH is 1. The summed E-state index contributed by atoms with van der Waals surface area (Å²) < 4.78 is 2.19. The molecule has 2 heterocycles. The van der Waals surface area contributed by atoms with Crippen LogP contribution < -0.4 is 0 Å². The second kappa shape index (κ2) is 4.67. The normalized spacial score (nSPS) is 13.2. The SMILES string of the molecule is CCC(CO)c1ccc2c3cnccc3n(C)c2c1. The summed E-state index contributed by atoms with van der Waals surface area (Å²) in [5.74, 6) is 0.223. The van der Waals surface area contributed by atoms with Gasteiger partial charge in [0.15, 0.2) is 0 Å². The smallest absolute Gasteiger partial charge is 0.0519 e. The maximum Gasteiger partial charge on any atom is 0.0519 e. The number of rotatable bonds is 3. The van der Waals surface area contributed by atoms with E-state index in [0.29, 0.717) is 0 Å². The quantitative estimate of drug-likeness (QED) is 0.779. The summed E-state index contributed by atoms with van der Waals surface area (Å²) >= 11 is 0. The summed E-state index contributed by atoms with van der Waals surface area (Å²) in [6.45, 7) is 2.31. The molecule has 3 heteroatoms. The van der Waals surface area contributed by atoms with Crippen LogP contribution in [0.15, 0.2) is 36.7 Å². The van der Waals surface area contributed by atoms with Crippen LogP contribution in [0.2, 0.25) is 0 Å². The maximum atomic E-state index is 9.44. The number of hydrogen-bond acceptors (Lipinski definition) is 2. The van der Waals surface area contributed by atoms with Gasteiger partial charge in [0.1, 0.15) is 0 Å². The van der Waals surface area contributed by atoms with Crippen molar-refractivity contribution in [2.45, 2.75) is 19.3 Å². The van der Waals surface area contributed by atoms with Gasteiger partial charge in [-0.3, -0.25) is 4.98 Å². The van der Waals surface area contributed by atoms with Gasteiger partial charge in [-0.25, -0.2) is 0 Å². The van der Waals surface area contributed by atoms with Gasteiger partial charge in [-0.1, -0.05) is 19.1 Å². The average Bonchev–Trinajstić information content (AvgIpc) is 2.74. The number of benzene rings is 1. The fourth-order valence-electron chi connectivity index (χ4n) is 2.79. The van der Waals surface area contributed by atoms with Gasteiger partial charge in [0.25, 0.3) is 0 Å². The highest BCUT2D eigenvalue weighted by Gasteiger charge is 2.12. The van der Waals surface area contributed by atoms with Crippen molar-refractivity contribution in [2.75, 3.05) is 6.61 Å². The third-order valence-electron chi connectivity index (χ3n) is 4.02. The van der Waals surface area contributed by atoms with Crippen LogP contribution in [0.4, 0.5) is 0 Å². The summed E-state index contributed by atoms with van der Waals surface area (Å²) in [5, 5.41) is 11.9. The summed E-state index contributed by atoms with van der Waals surface area (Å²) in [4.78, 5) is 4.21. The Morgan fingerprint density at radius 2 is 2.05 bits per heavy atom. The molecule has 19 heavy (non-hydrogen) atoms. The van der Waals surface area contributed by atoms with Gasteiger partial charge < -0.3 is 9.67 Å². The molecule has 3 rings (SSSR count). The minimum atomic E-state index is 0.202. The van der Waals surface area contributed by atoms with Crippen LogP contribution >= 0.6 is 0 Å². The Bertz CT molecular complexity index is 726. The number of aromatic nitrogens is 2. The summed E-state index contributed by atoms with van der Waals surface area (Å²) in [5.41, 5.74) is 3.60. The van der Waals surface area contributed by atoms with E-state index in [0.717, 1.165) is 6.42 Å². The lowest BCUT2D eigenvalue weighted by molar-refractivity contribution is 0.262. The molecule has 3 aromatic rings. The van der Waals surface area contributed by atoms with Crippen LogP contribution in [0.1, 0.15) is 24.8 Å². The predicted octanol–water partition coefficient (Wildman–Crippen LogP) is 3.21. The molecule has 0 aliphatic rings. The molecule has 0 spiro atoms. The van der Waals surface area contributed by atoms with Crippen molar-refractivity contribution in [2.24, 2.45) is 7.05 Å². The highest BCUT2D eigenvalue weighted by molar-refractivity contribution is 6.07. The van der Waals surface area contributed by atoms with Crippen molar-refractivity contribution < 1.29 is 5.11 Å². The Hall–Kier alpha value is -1.87. The van der Waals surface area contributed by atoms with E-state index < -0.39 is 0 Å². The van der Waals surface area contributed by atoms with Crippen molar-refractivity contribution in [3.8, 4) is 0 Å². The molecule has 1 atom stereocenters. The van der Waals surface area contributed by atoms with Crippen LogP contribution in [0, 0.1) is 0 Å². The van der Waals surface area contributed by atoms with Crippen molar-refractivity contribution in [3.63, 3.8) is 0 Å². The van der Waals surface area contributed by atoms with E-state index >= 15 is 0 Å². The molecule has 98 valence electrons. The van der Waals surface area contributed by atoms with Crippen molar-refractivity contribution in [1.29, 1.82) is 0 Å². The molecule has 0 aliphatic carbocycles. The van der Waals surface area contributed by atoms with E-state index in [1.54, 1.807) is 0 Å². The van der Waals surface area contributed by atoms with Crippen molar-refractivity contribution in [1.82, 2.24) is 9.55 Å². The van der Waals surface area contributed by atoms with Crippen LogP contribution in [0.5, 0.6) is 0 Å². The highest BCUT2D eigenvalue weighted by atomic mass is 16.3. The molecule has 1 aromatic carbocycles. The Kier molecular flexibility index (Phi) is 2.99. The van der Waals surface area contributed by atoms with E-state index in [9.17, 15) is 5.11 Å². The van der Waals surface area contributed by atoms with Gasteiger partial charge in [-0.15, -0.1) is 0 Å². The first kappa shape index (κ1) is 12.2. The third-order valence-corrected chi connectivity index (χ3v) is 4.02. The molecular formula is C16H18N2O. The number of aryl methyl sites for hydroxylation is 1. The lowest BCUT2D eigenvalue weighted by Crippen LogP contribution is -2.02. The Balaban J connectivity index is 2.29. The molecule has 0 fully saturated rings. The maximum absolute atomic E-state index is 9.44. The van der Waals surface area contributed by atoms with Gasteiger partial charge in [0.05, 0.1) is 5.52 Å². The lowest BCUT2D eigenvalue weighted by atomic mass is 9.96. The number of nitrogens with zero attached hydrogens (tertiary/aromatic N) is 2. The topological polar surface area (TPSA) is 38.1 Å². The second-order valence-corrected chi connectivity index (χ2v) is 5.02. The van der Waals surface area contributed by atoms with Crippen LogP contribution in [-0.2, 0) is 7.05 Å². The first-order valence-corrected chi connectivity index (χ1v) is 6.69. The first-order chi connectivity index (χ1) is 9.26. The fraction of sp³-hybridized carbons (Fsp3) is 0.312. The standard InChI is InChI=1S/C16H18N2O/c1-3-11(10-19)12-4-5-13-14-9-17-7-6-15(14)18(2)16(13)8-12/h4-9,11,19H,3,10H2,1-2H3. The van der Waals surface area contributed by atoms with Crippen LogP contribution in [0.3, 0.4) is 0 Å². The van der Waals surface area contributed by atoms with Gasteiger partial charge in [-0.2, -0.15) is 0 Å². The van der Waals surface area contributed by atoms with Crippen molar-refractivity contribution >= 4 is 21.8 Å². The summed E-state index contributed by atoms with van der Waals surface area (Å²) in [7, 11) is 2.08. The molecule has 0 amide bonds. The zero-order chi connectivity index (χ0) is 13.4. The van der Waals surface area contributed by atoms with E-state index in [-0.39, 0.29) is 12.5 Å². The average molecular weight is 254 g/mol. The Morgan fingerprint density at radius 1 is 1.21 bits per heavy atom. The van der Waals surface area contributed by atoms with Gasteiger partial charge in [0, 0.05) is 48.3 Å². The molecule has 1 unspecified atom stereocenters. The lowest BCUT2D eigenvalue weighted by Gasteiger charge is -2.12. The second-order valence-electron chi connectivity index (χ2n) is 5.02. The van der Waals surface area contributed by atoms with Crippen LogP contribution in [0.25, 0.3) is 21.8 Å². The molecule has 2 aromatic heterocycles. The minimum absolute atomic E-state index is 0.202. The van der Waals surface area contributed by atoms with Gasteiger partial charge >= 0.3 is 0 Å². The third kappa shape index (κ3) is 1.81. The number of fused-ring (bicyclic) bond motifs is 3. The van der Waals surface area contributed by atoms with Gasteiger partial charge in [0.2, 0.25) is 0 Å². The predicted molar refractivity (Wildman–Crippen MR) is 78.3 cm³/mol. The monoisotopic (exact) mass is 254 g/mol. The van der Waals surface area contributed by atoms with E-state index in [4.69, 9.17) is 0 Å². The molecule has 0 radical (unpaired) electrons. The number of hydrogen-bond donors (Lipinski definition) is 1. The summed E-state index contributed by atoms with van der Waals surface area (Å²) in [6, 6.07) is 8.50. The molecule has 0 bridgehead atoms. The molecule has 0 saturated heterocycles. The highest BCUT2D eigenvalue weighted by Crippen LogP contribution is 2.30. The molecular weight excluding hydrogens is 236 g/mol. The van der Waals surface area contributed by atoms with Gasteiger partial charge in [-0.05, 0) is 24.1 Å². The number of pyridine rings is 1. The minimum Gasteiger partial charge on any atom is -0.396 e. The van der Waals surface area contributed by atoms with E-state index in [1.165, 1.54) is 27.4 Å². The number of aliphatic hydroxyl groups is 1. The largest absolute Gasteiger partial charge is 0.396 e. The Labute approximate surface area is 112 Å². The van der Waals surface area contributed by atoms with Crippen molar-refractivity contribution in [3.05, 3.63) is 42.2 Å². The zero-order valence-corrected chi connectivity index (χ0v) is 11.3. The van der Waals surface area contributed by atoms with Crippen LogP contribution in [-0.4, -0.2) is 21.3 Å². The van der Waals surface area contributed by atoms with E-state index in [2.05, 4.69) is 41.7 Å². The molecule has 3 nitrogen and oxygen atoms in total. The summed E-state index contributed by atoms with van der Waals surface area (Å²) in [6.07, 6.45) is 4.69. The molecule has 1 N–H and O–H groups in total. The molecule has 0 saturated carbocycles. The zero-order valence-electron chi connectivity index (χ0n) is 11.3.